The largest absolute Gasteiger partial charge is 0.494 e. The van der Waals surface area contributed by atoms with Crippen LogP contribution in [-0.2, 0) is 0 Å². The fourth-order valence-corrected chi connectivity index (χ4v) is 2.44. The van der Waals surface area contributed by atoms with Crippen molar-refractivity contribution in [1.29, 1.82) is 0 Å². The molecule has 1 amide bonds. The van der Waals surface area contributed by atoms with Gasteiger partial charge in [0.05, 0.1) is 25.0 Å². The molecule has 0 aromatic heterocycles. The van der Waals surface area contributed by atoms with E-state index in [4.69, 9.17) is 32.2 Å². The Bertz CT molecular complexity index is 858. The zero-order valence-electron chi connectivity index (χ0n) is 15.0. The lowest BCUT2D eigenvalue weighted by atomic mass is 10.2. The van der Waals surface area contributed by atoms with E-state index in [0.29, 0.717) is 40.0 Å². The number of halogens is 1. The summed E-state index contributed by atoms with van der Waals surface area (Å²) >= 11 is 6.19. The lowest BCUT2D eigenvalue weighted by Gasteiger charge is -2.11. The number of hydrogen-bond donors (Lipinski definition) is 1. The molecule has 0 spiro atoms. The van der Waals surface area contributed by atoms with Crippen molar-refractivity contribution in [3.63, 3.8) is 0 Å². The highest BCUT2D eigenvalue weighted by molar-refractivity contribution is 6.32. The number of ether oxygens (including phenoxy) is 3. The number of terminal acetylenes is 1. The van der Waals surface area contributed by atoms with Crippen LogP contribution in [0.1, 0.15) is 22.8 Å². The first-order valence-corrected chi connectivity index (χ1v) is 8.46. The molecule has 0 heterocycles. The smallest absolute Gasteiger partial charge is 0.271 e. The van der Waals surface area contributed by atoms with E-state index in [1.807, 2.05) is 6.92 Å². The minimum Gasteiger partial charge on any atom is -0.494 e. The number of hydrogen-bond acceptors (Lipinski definition) is 5. The molecule has 2 aromatic carbocycles. The minimum atomic E-state index is -0.346. The number of amides is 1. The summed E-state index contributed by atoms with van der Waals surface area (Å²) < 4.78 is 16.0. The van der Waals surface area contributed by atoms with Crippen molar-refractivity contribution in [1.82, 2.24) is 5.43 Å². The molecule has 2 aromatic rings. The van der Waals surface area contributed by atoms with E-state index >= 15 is 0 Å². The van der Waals surface area contributed by atoms with Gasteiger partial charge in [0.25, 0.3) is 5.91 Å². The number of hydrazone groups is 1. The summed E-state index contributed by atoms with van der Waals surface area (Å²) in [5.41, 5.74) is 3.54. The topological polar surface area (TPSA) is 69.2 Å². The molecular formula is C20H19ClN2O4. The van der Waals surface area contributed by atoms with Crippen LogP contribution in [0.25, 0.3) is 0 Å². The van der Waals surface area contributed by atoms with Crippen molar-refractivity contribution in [3.05, 3.63) is 52.5 Å². The molecule has 27 heavy (non-hydrogen) atoms. The van der Waals surface area contributed by atoms with Crippen LogP contribution < -0.4 is 19.6 Å². The lowest BCUT2D eigenvalue weighted by Crippen LogP contribution is -2.17. The van der Waals surface area contributed by atoms with Crippen LogP contribution in [0.5, 0.6) is 17.2 Å². The molecule has 0 aliphatic carbocycles. The Morgan fingerprint density at radius 1 is 1.30 bits per heavy atom. The minimum absolute atomic E-state index is 0.0711. The van der Waals surface area contributed by atoms with E-state index < -0.39 is 0 Å². The van der Waals surface area contributed by atoms with Gasteiger partial charge in [-0.15, -0.1) is 6.42 Å². The van der Waals surface area contributed by atoms with Gasteiger partial charge in [-0.2, -0.15) is 5.10 Å². The Hall–Kier alpha value is -3.17. The summed E-state index contributed by atoms with van der Waals surface area (Å²) in [4.78, 5) is 12.1. The van der Waals surface area contributed by atoms with Crippen molar-refractivity contribution in [2.45, 2.75) is 6.92 Å². The summed E-state index contributed by atoms with van der Waals surface area (Å²) in [7, 11) is 1.49. The summed E-state index contributed by atoms with van der Waals surface area (Å²) in [5, 5.41) is 4.26. The van der Waals surface area contributed by atoms with Gasteiger partial charge in [0.1, 0.15) is 12.4 Å². The predicted octanol–water partition coefficient (Wildman–Crippen LogP) is 3.52. The van der Waals surface area contributed by atoms with Crippen LogP contribution >= 0.6 is 11.6 Å². The van der Waals surface area contributed by atoms with Crippen LogP contribution in [0.2, 0.25) is 5.02 Å². The Morgan fingerprint density at radius 3 is 2.67 bits per heavy atom. The molecule has 0 saturated carbocycles. The number of carbonyl (C=O) groups is 1. The SMILES string of the molecule is C#CCOc1c(Cl)cc(/C=N\NC(=O)c2ccc(OCC)cc2)cc1OC. The van der Waals surface area contributed by atoms with E-state index in [1.54, 1.807) is 36.4 Å². The van der Waals surface area contributed by atoms with Gasteiger partial charge < -0.3 is 14.2 Å². The third-order valence-corrected chi connectivity index (χ3v) is 3.64. The molecular weight excluding hydrogens is 368 g/mol. The van der Waals surface area contributed by atoms with Crippen LogP contribution in [0.4, 0.5) is 0 Å². The molecule has 0 bridgehead atoms. The van der Waals surface area contributed by atoms with Crippen LogP contribution in [0, 0.1) is 12.3 Å². The van der Waals surface area contributed by atoms with Crippen molar-refractivity contribution in [3.8, 4) is 29.6 Å². The van der Waals surface area contributed by atoms with Crippen molar-refractivity contribution >= 4 is 23.7 Å². The highest BCUT2D eigenvalue weighted by Crippen LogP contribution is 2.35. The second kappa shape index (κ2) is 10.1. The second-order valence-corrected chi connectivity index (χ2v) is 5.59. The molecule has 0 unspecified atom stereocenters. The maximum atomic E-state index is 12.1. The van der Waals surface area contributed by atoms with Gasteiger partial charge in [-0.3, -0.25) is 4.79 Å². The lowest BCUT2D eigenvalue weighted by molar-refractivity contribution is 0.0955. The molecule has 6 nitrogen and oxygen atoms in total. The van der Waals surface area contributed by atoms with Gasteiger partial charge in [0.15, 0.2) is 11.5 Å². The molecule has 1 N–H and O–H groups in total. The molecule has 0 saturated heterocycles. The molecule has 0 aliphatic rings. The molecule has 2 rings (SSSR count). The Morgan fingerprint density at radius 2 is 2.04 bits per heavy atom. The first-order chi connectivity index (χ1) is 13.1. The number of nitrogens with one attached hydrogen (secondary N) is 1. The molecule has 0 radical (unpaired) electrons. The van der Waals surface area contributed by atoms with Crippen LogP contribution in [0.3, 0.4) is 0 Å². The molecule has 0 aliphatic heterocycles. The van der Waals surface area contributed by atoms with E-state index in [2.05, 4.69) is 16.4 Å². The first kappa shape index (κ1) is 20.1. The Kier molecular flexibility index (Phi) is 7.53. The molecule has 7 heteroatoms. The van der Waals surface area contributed by atoms with E-state index in [1.165, 1.54) is 13.3 Å². The summed E-state index contributed by atoms with van der Waals surface area (Å²) in [6.45, 7) is 2.53. The number of rotatable bonds is 8. The fourth-order valence-electron chi connectivity index (χ4n) is 2.17. The molecule has 0 atom stereocenters. The zero-order valence-corrected chi connectivity index (χ0v) is 15.7. The van der Waals surface area contributed by atoms with E-state index in [9.17, 15) is 4.79 Å². The van der Waals surface area contributed by atoms with Crippen LogP contribution in [-0.4, -0.2) is 32.4 Å². The maximum Gasteiger partial charge on any atom is 0.271 e. The normalized spacial score (nSPS) is 10.3. The summed E-state index contributed by atoms with van der Waals surface area (Å²) in [6.07, 6.45) is 6.64. The van der Waals surface area contributed by atoms with Gasteiger partial charge in [0.2, 0.25) is 0 Å². The number of carbonyl (C=O) groups excluding carboxylic acids is 1. The second-order valence-electron chi connectivity index (χ2n) is 5.18. The van der Waals surface area contributed by atoms with Gasteiger partial charge in [-0.25, -0.2) is 5.43 Å². The van der Waals surface area contributed by atoms with Crippen LogP contribution in [0.15, 0.2) is 41.5 Å². The average Bonchev–Trinajstić information content (AvgIpc) is 2.67. The summed E-state index contributed by atoms with van der Waals surface area (Å²) in [6, 6.07) is 10.1. The molecule has 0 fully saturated rings. The van der Waals surface area contributed by atoms with E-state index in [-0.39, 0.29) is 12.5 Å². The van der Waals surface area contributed by atoms with Crippen molar-refractivity contribution in [2.24, 2.45) is 5.10 Å². The molecule has 140 valence electrons. The van der Waals surface area contributed by atoms with Crippen molar-refractivity contribution < 1.29 is 19.0 Å². The maximum absolute atomic E-state index is 12.1. The predicted molar refractivity (Wildman–Crippen MR) is 105 cm³/mol. The summed E-state index contributed by atoms with van der Waals surface area (Å²) in [5.74, 6) is 3.49. The zero-order chi connectivity index (χ0) is 19.6. The quantitative estimate of drug-likeness (QED) is 0.428. The Labute approximate surface area is 163 Å². The van der Waals surface area contributed by atoms with Crippen molar-refractivity contribution in [2.75, 3.05) is 20.3 Å². The third kappa shape index (κ3) is 5.66. The van der Waals surface area contributed by atoms with Gasteiger partial charge in [-0.1, -0.05) is 17.5 Å². The third-order valence-electron chi connectivity index (χ3n) is 3.36. The Balaban J connectivity index is 2.05. The number of methoxy groups -OCH3 is 1. The van der Waals surface area contributed by atoms with Gasteiger partial charge in [-0.05, 0) is 48.9 Å². The van der Waals surface area contributed by atoms with Gasteiger partial charge >= 0.3 is 0 Å². The highest BCUT2D eigenvalue weighted by Gasteiger charge is 2.11. The average molecular weight is 387 g/mol. The first-order valence-electron chi connectivity index (χ1n) is 8.09. The monoisotopic (exact) mass is 386 g/mol. The fraction of sp³-hybridized carbons (Fsp3) is 0.200. The van der Waals surface area contributed by atoms with Gasteiger partial charge in [0, 0.05) is 5.56 Å². The number of nitrogens with zero attached hydrogens (tertiary/aromatic N) is 1. The van der Waals surface area contributed by atoms with E-state index in [0.717, 1.165) is 0 Å². The standard InChI is InChI=1S/C20H19ClN2O4/c1-4-10-27-19-17(21)11-14(12-18(19)25-3)13-22-23-20(24)15-6-8-16(9-7-15)26-5-2/h1,6-9,11-13H,5,10H2,2-3H3,(H,23,24)/b22-13-. The number of benzene rings is 2. The highest BCUT2D eigenvalue weighted by atomic mass is 35.5.